The fourth-order valence-electron chi connectivity index (χ4n) is 1.85. The first kappa shape index (κ1) is 15.5. The lowest BCUT2D eigenvalue weighted by molar-refractivity contribution is 0.0914. The molecule has 22 heavy (non-hydrogen) atoms. The SMILES string of the molecule is CC(C)(C)NC(=O)c1ccc(Nc2ccccc2C#N)cn1. The predicted molar refractivity (Wildman–Crippen MR) is 85.9 cm³/mol. The fourth-order valence-corrected chi connectivity index (χ4v) is 1.85. The molecule has 0 bridgehead atoms. The van der Waals surface area contributed by atoms with E-state index in [1.54, 1.807) is 24.4 Å². The molecular weight excluding hydrogens is 276 g/mol. The van der Waals surface area contributed by atoms with Crippen molar-refractivity contribution >= 4 is 17.3 Å². The van der Waals surface area contributed by atoms with Crippen LogP contribution in [0.2, 0.25) is 0 Å². The first-order valence-corrected chi connectivity index (χ1v) is 6.94. The zero-order valence-corrected chi connectivity index (χ0v) is 12.8. The molecule has 2 aromatic rings. The Kier molecular flexibility index (Phi) is 4.42. The summed E-state index contributed by atoms with van der Waals surface area (Å²) in [7, 11) is 0. The highest BCUT2D eigenvalue weighted by Crippen LogP contribution is 2.19. The zero-order chi connectivity index (χ0) is 16.2. The first-order valence-electron chi connectivity index (χ1n) is 6.94. The van der Waals surface area contributed by atoms with Crippen LogP contribution in [0, 0.1) is 11.3 Å². The Hall–Kier alpha value is -2.87. The number of nitrogens with one attached hydrogen (secondary N) is 2. The second-order valence-electron chi connectivity index (χ2n) is 5.92. The Morgan fingerprint density at radius 3 is 2.50 bits per heavy atom. The summed E-state index contributed by atoms with van der Waals surface area (Å²) >= 11 is 0. The van der Waals surface area contributed by atoms with Gasteiger partial charge in [-0.25, -0.2) is 4.98 Å². The van der Waals surface area contributed by atoms with E-state index in [1.165, 1.54) is 0 Å². The molecule has 0 fully saturated rings. The summed E-state index contributed by atoms with van der Waals surface area (Å²) in [6.07, 6.45) is 1.58. The minimum absolute atomic E-state index is 0.212. The normalized spacial score (nSPS) is 10.6. The Bertz CT molecular complexity index is 709. The number of anilines is 2. The van der Waals surface area contributed by atoms with E-state index < -0.39 is 0 Å². The first-order chi connectivity index (χ1) is 10.4. The highest BCUT2D eigenvalue weighted by Gasteiger charge is 2.16. The molecule has 0 aliphatic heterocycles. The molecule has 0 atom stereocenters. The lowest BCUT2D eigenvalue weighted by Gasteiger charge is -2.20. The van der Waals surface area contributed by atoms with Gasteiger partial charge in [-0.2, -0.15) is 5.26 Å². The second kappa shape index (κ2) is 6.27. The maximum absolute atomic E-state index is 12.0. The summed E-state index contributed by atoms with van der Waals surface area (Å²) in [4.78, 5) is 16.2. The molecule has 0 saturated heterocycles. The molecule has 1 amide bonds. The molecule has 0 aliphatic carbocycles. The van der Waals surface area contributed by atoms with Gasteiger partial charge in [-0.1, -0.05) is 12.1 Å². The van der Waals surface area contributed by atoms with E-state index in [2.05, 4.69) is 21.7 Å². The van der Waals surface area contributed by atoms with Crippen LogP contribution < -0.4 is 10.6 Å². The van der Waals surface area contributed by atoms with Crippen molar-refractivity contribution in [1.82, 2.24) is 10.3 Å². The molecular formula is C17H18N4O. The number of pyridine rings is 1. The van der Waals surface area contributed by atoms with Gasteiger partial charge in [0.15, 0.2) is 0 Å². The molecule has 5 nitrogen and oxygen atoms in total. The van der Waals surface area contributed by atoms with Gasteiger partial charge in [0.25, 0.3) is 5.91 Å². The predicted octanol–water partition coefficient (Wildman–Crippen LogP) is 3.23. The minimum atomic E-state index is -0.304. The van der Waals surface area contributed by atoms with Gasteiger partial charge in [-0.05, 0) is 45.0 Å². The number of amides is 1. The van der Waals surface area contributed by atoms with E-state index in [9.17, 15) is 4.79 Å². The average Bonchev–Trinajstić information content (AvgIpc) is 2.47. The number of hydrogen-bond donors (Lipinski definition) is 2. The van der Waals surface area contributed by atoms with Crippen LogP contribution >= 0.6 is 0 Å². The van der Waals surface area contributed by atoms with Crippen LogP contribution in [0.15, 0.2) is 42.6 Å². The lowest BCUT2D eigenvalue weighted by Crippen LogP contribution is -2.40. The van der Waals surface area contributed by atoms with Gasteiger partial charge in [0, 0.05) is 5.54 Å². The molecule has 0 spiro atoms. The quantitative estimate of drug-likeness (QED) is 0.911. The lowest BCUT2D eigenvalue weighted by atomic mass is 10.1. The Morgan fingerprint density at radius 1 is 1.18 bits per heavy atom. The van der Waals surface area contributed by atoms with E-state index in [0.29, 0.717) is 16.9 Å². The number of carbonyl (C=O) groups excluding carboxylic acids is 1. The number of benzene rings is 1. The maximum atomic E-state index is 12.0. The van der Waals surface area contributed by atoms with Crippen molar-refractivity contribution in [2.24, 2.45) is 0 Å². The van der Waals surface area contributed by atoms with Crippen LogP contribution in [0.3, 0.4) is 0 Å². The number of nitrogens with zero attached hydrogens (tertiary/aromatic N) is 2. The molecule has 0 radical (unpaired) electrons. The standard InChI is InChI=1S/C17H18N4O/c1-17(2,3)21-16(22)15-9-8-13(11-19-15)20-14-7-5-4-6-12(14)10-18/h4-9,11,20H,1-3H3,(H,21,22). The number of hydrogen-bond acceptors (Lipinski definition) is 4. The third kappa shape index (κ3) is 4.06. The summed E-state index contributed by atoms with van der Waals surface area (Å²) in [6, 6.07) is 12.7. The van der Waals surface area contributed by atoms with Crippen LogP contribution in [0.5, 0.6) is 0 Å². The van der Waals surface area contributed by atoms with E-state index >= 15 is 0 Å². The maximum Gasteiger partial charge on any atom is 0.270 e. The van der Waals surface area contributed by atoms with Crippen molar-refractivity contribution in [3.05, 3.63) is 53.9 Å². The van der Waals surface area contributed by atoms with Crippen LogP contribution in [0.1, 0.15) is 36.8 Å². The van der Waals surface area contributed by atoms with Gasteiger partial charge >= 0.3 is 0 Å². The average molecular weight is 294 g/mol. The van der Waals surface area contributed by atoms with Gasteiger partial charge in [0.05, 0.1) is 23.1 Å². The molecule has 0 aliphatic rings. The van der Waals surface area contributed by atoms with Crippen molar-refractivity contribution in [2.75, 3.05) is 5.32 Å². The van der Waals surface area contributed by atoms with Gasteiger partial charge < -0.3 is 10.6 Å². The van der Waals surface area contributed by atoms with Gasteiger partial charge in [0.2, 0.25) is 0 Å². The number of carbonyl (C=O) groups is 1. The van der Waals surface area contributed by atoms with Gasteiger partial charge in [-0.15, -0.1) is 0 Å². The van der Waals surface area contributed by atoms with Crippen LogP contribution in [0.4, 0.5) is 11.4 Å². The largest absolute Gasteiger partial charge is 0.353 e. The van der Waals surface area contributed by atoms with Crippen LogP contribution in [-0.2, 0) is 0 Å². The summed E-state index contributed by atoms with van der Waals surface area (Å²) in [6.45, 7) is 5.75. The minimum Gasteiger partial charge on any atom is -0.353 e. The van der Waals surface area contributed by atoms with Crippen molar-refractivity contribution in [1.29, 1.82) is 5.26 Å². The third-order valence-corrected chi connectivity index (χ3v) is 2.81. The third-order valence-electron chi connectivity index (χ3n) is 2.81. The van der Waals surface area contributed by atoms with E-state index in [4.69, 9.17) is 5.26 Å². The summed E-state index contributed by atoms with van der Waals surface area (Å²) in [5.41, 5.74) is 2.03. The molecule has 1 aromatic heterocycles. The van der Waals surface area contributed by atoms with Crippen LogP contribution in [0.25, 0.3) is 0 Å². The topological polar surface area (TPSA) is 77.8 Å². The van der Waals surface area contributed by atoms with E-state index in [1.807, 2.05) is 39.0 Å². The fraction of sp³-hybridized carbons (Fsp3) is 0.235. The highest BCUT2D eigenvalue weighted by atomic mass is 16.2. The van der Waals surface area contributed by atoms with E-state index in [0.717, 1.165) is 5.69 Å². The zero-order valence-electron chi connectivity index (χ0n) is 12.8. The number of para-hydroxylation sites is 1. The van der Waals surface area contributed by atoms with Crippen molar-refractivity contribution < 1.29 is 4.79 Å². The molecule has 5 heteroatoms. The molecule has 1 heterocycles. The molecule has 2 rings (SSSR count). The highest BCUT2D eigenvalue weighted by molar-refractivity contribution is 5.93. The van der Waals surface area contributed by atoms with Crippen LogP contribution in [-0.4, -0.2) is 16.4 Å². The molecule has 2 N–H and O–H groups in total. The molecule has 0 unspecified atom stereocenters. The molecule has 1 aromatic carbocycles. The smallest absolute Gasteiger partial charge is 0.270 e. The van der Waals surface area contributed by atoms with Crippen molar-refractivity contribution in [3.8, 4) is 6.07 Å². The molecule has 112 valence electrons. The number of aromatic nitrogens is 1. The van der Waals surface area contributed by atoms with Gasteiger partial charge in [-0.3, -0.25) is 4.79 Å². The summed E-state index contributed by atoms with van der Waals surface area (Å²) < 4.78 is 0. The summed E-state index contributed by atoms with van der Waals surface area (Å²) in [5, 5.41) is 15.0. The van der Waals surface area contributed by atoms with E-state index in [-0.39, 0.29) is 11.4 Å². The monoisotopic (exact) mass is 294 g/mol. The Balaban J connectivity index is 2.13. The second-order valence-corrected chi connectivity index (χ2v) is 5.92. The number of rotatable bonds is 3. The van der Waals surface area contributed by atoms with Gasteiger partial charge in [0.1, 0.15) is 11.8 Å². The Labute approximate surface area is 130 Å². The Morgan fingerprint density at radius 2 is 1.91 bits per heavy atom. The summed E-state index contributed by atoms with van der Waals surface area (Å²) in [5.74, 6) is -0.212. The molecule has 0 saturated carbocycles. The van der Waals surface area contributed by atoms with Crippen molar-refractivity contribution in [3.63, 3.8) is 0 Å². The van der Waals surface area contributed by atoms with Crippen molar-refractivity contribution in [2.45, 2.75) is 26.3 Å². The number of nitriles is 1.